The van der Waals surface area contributed by atoms with Gasteiger partial charge >= 0.3 is 0 Å². The summed E-state index contributed by atoms with van der Waals surface area (Å²) in [7, 11) is 0. The third kappa shape index (κ3) is 3.08. The van der Waals surface area contributed by atoms with Crippen LogP contribution in [0.25, 0.3) is 0 Å². The standard InChI is InChI=1S/C14H14N2O3/c1-9(17)10-3-2-4-11(7-10)16-14(19)12-8-15-6-5-13(12)18/h2-9,17H,1H3,(H,15,18)(H,16,19). The molecule has 5 nitrogen and oxygen atoms in total. The zero-order chi connectivity index (χ0) is 13.8. The lowest BCUT2D eigenvalue weighted by Crippen LogP contribution is -2.20. The molecular weight excluding hydrogens is 244 g/mol. The van der Waals surface area contributed by atoms with Gasteiger partial charge in [-0.3, -0.25) is 9.59 Å². The van der Waals surface area contributed by atoms with Crippen molar-refractivity contribution < 1.29 is 9.90 Å². The monoisotopic (exact) mass is 258 g/mol. The number of hydrogen-bond acceptors (Lipinski definition) is 3. The minimum Gasteiger partial charge on any atom is -0.389 e. The van der Waals surface area contributed by atoms with E-state index in [1.165, 1.54) is 18.5 Å². The van der Waals surface area contributed by atoms with E-state index in [0.717, 1.165) is 0 Å². The Balaban J connectivity index is 2.22. The molecule has 1 amide bonds. The summed E-state index contributed by atoms with van der Waals surface area (Å²) in [5.74, 6) is -0.482. The van der Waals surface area contributed by atoms with E-state index in [1.807, 2.05) is 0 Å². The van der Waals surface area contributed by atoms with Crippen LogP contribution in [0.2, 0.25) is 0 Å². The Bertz CT molecular complexity index is 647. The van der Waals surface area contributed by atoms with E-state index in [4.69, 9.17) is 0 Å². The number of benzene rings is 1. The number of carbonyl (C=O) groups is 1. The number of aromatic amines is 1. The summed E-state index contributed by atoms with van der Waals surface area (Å²) in [4.78, 5) is 26.1. The largest absolute Gasteiger partial charge is 0.389 e. The summed E-state index contributed by atoms with van der Waals surface area (Å²) in [6.45, 7) is 1.64. The topological polar surface area (TPSA) is 82.2 Å². The first-order chi connectivity index (χ1) is 9.08. The van der Waals surface area contributed by atoms with Gasteiger partial charge in [-0.1, -0.05) is 12.1 Å². The molecule has 0 aliphatic carbocycles. The quantitative estimate of drug-likeness (QED) is 0.783. The number of rotatable bonds is 3. The molecule has 2 rings (SSSR count). The third-order valence-corrected chi connectivity index (χ3v) is 2.70. The molecule has 1 aromatic carbocycles. The van der Waals surface area contributed by atoms with Crippen LogP contribution in [0.5, 0.6) is 0 Å². The summed E-state index contributed by atoms with van der Waals surface area (Å²) >= 11 is 0. The molecule has 98 valence electrons. The van der Waals surface area contributed by atoms with Crippen molar-refractivity contribution in [3.8, 4) is 0 Å². The van der Waals surface area contributed by atoms with Crippen LogP contribution < -0.4 is 10.7 Å². The zero-order valence-corrected chi connectivity index (χ0v) is 10.4. The Morgan fingerprint density at radius 2 is 2.16 bits per heavy atom. The van der Waals surface area contributed by atoms with Crippen molar-refractivity contribution in [2.75, 3.05) is 5.32 Å². The summed E-state index contributed by atoms with van der Waals surface area (Å²) in [6.07, 6.45) is 2.21. The molecule has 3 N–H and O–H groups in total. The van der Waals surface area contributed by atoms with Crippen LogP contribution in [-0.4, -0.2) is 16.0 Å². The first-order valence-electron chi connectivity index (χ1n) is 5.84. The highest BCUT2D eigenvalue weighted by molar-refractivity contribution is 6.03. The molecule has 1 atom stereocenters. The molecule has 0 aliphatic heterocycles. The number of anilines is 1. The lowest BCUT2D eigenvalue weighted by atomic mass is 10.1. The molecule has 5 heteroatoms. The van der Waals surface area contributed by atoms with Crippen LogP contribution in [0.4, 0.5) is 5.69 Å². The van der Waals surface area contributed by atoms with E-state index in [0.29, 0.717) is 11.3 Å². The Kier molecular flexibility index (Phi) is 3.77. The molecule has 0 saturated heterocycles. The predicted molar refractivity (Wildman–Crippen MR) is 72.1 cm³/mol. The van der Waals surface area contributed by atoms with Gasteiger partial charge in [0.05, 0.1) is 6.10 Å². The average Bonchev–Trinajstić information content (AvgIpc) is 2.39. The van der Waals surface area contributed by atoms with E-state index >= 15 is 0 Å². The van der Waals surface area contributed by atoms with Crippen molar-refractivity contribution in [3.63, 3.8) is 0 Å². The maximum absolute atomic E-state index is 11.9. The van der Waals surface area contributed by atoms with Gasteiger partial charge in [-0.2, -0.15) is 0 Å². The molecule has 0 radical (unpaired) electrons. The summed E-state index contributed by atoms with van der Waals surface area (Å²) in [5.41, 5.74) is 0.930. The van der Waals surface area contributed by atoms with E-state index in [9.17, 15) is 14.7 Å². The highest BCUT2D eigenvalue weighted by Gasteiger charge is 2.10. The van der Waals surface area contributed by atoms with Crippen molar-refractivity contribution in [2.24, 2.45) is 0 Å². The van der Waals surface area contributed by atoms with Crippen LogP contribution in [0, 0.1) is 0 Å². The third-order valence-electron chi connectivity index (χ3n) is 2.70. The maximum atomic E-state index is 11.9. The number of nitrogens with one attached hydrogen (secondary N) is 2. The first kappa shape index (κ1) is 13.0. The highest BCUT2D eigenvalue weighted by atomic mass is 16.3. The number of aliphatic hydroxyl groups excluding tert-OH is 1. The Hall–Kier alpha value is -2.40. The summed E-state index contributed by atoms with van der Waals surface area (Å²) < 4.78 is 0. The molecule has 0 saturated carbocycles. The minimum absolute atomic E-state index is 0.0463. The van der Waals surface area contributed by atoms with Gasteiger partial charge in [0.1, 0.15) is 5.56 Å². The fourth-order valence-electron chi connectivity index (χ4n) is 1.67. The fraction of sp³-hybridized carbons (Fsp3) is 0.143. The predicted octanol–water partition coefficient (Wildman–Crippen LogP) is 1.68. The van der Waals surface area contributed by atoms with Gasteiger partial charge in [0.2, 0.25) is 0 Å². The number of aliphatic hydroxyl groups is 1. The number of hydrogen-bond donors (Lipinski definition) is 3. The van der Waals surface area contributed by atoms with Crippen molar-refractivity contribution in [1.82, 2.24) is 4.98 Å². The van der Waals surface area contributed by atoms with Crippen LogP contribution >= 0.6 is 0 Å². The van der Waals surface area contributed by atoms with Crippen molar-refractivity contribution in [2.45, 2.75) is 13.0 Å². The second kappa shape index (κ2) is 5.49. The normalized spacial score (nSPS) is 11.9. The molecule has 0 spiro atoms. The van der Waals surface area contributed by atoms with Gasteiger partial charge in [-0.05, 0) is 24.6 Å². The molecule has 1 unspecified atom stereocenters. The van der Waals surface area contributed by atoms with E-state index in [-0.39, 0.29) is 11.0 Å². The van der Waals surface area contributed by atoms with E-state index in [2.05, 4.69) is 10.3 Å². The molecule has 19 heavy (non-hydrogen) atoms. The smallest absolute Gasteiger partial charge is 0.261 e. The molecule has 1 heterocycles. The number of pyridine rings is 1. The summed E-state index contributed by atoms with van der Waals surface area (Å²) in [6, 6.07) is 8.14. The SMILES string of the molecule is CC(O)c1cccc(NC(=O)c2c[nH]ccc2=O)c1. The Labute approximate surface area is 109 Å². The zero-order valence-electron chi connectivity index (χ0n) is 10.4. The average molecular weight is 258 g/mol. The number of H-pyrrole nitrogens is 1. The van der Waals surface area contributed by atoms with Crippen molar-refractivity contribution in [1.29, 1.82) is 0 Å². The molecular formula is C14H14N2O3. The Morgan fingerprint density at radius 1 is 1.37 bits per heavy atom. The lowest BCUT2D eigenvalue weighted by molar-refractivity contribution is 0.102. The van der Waals surface area contributed by atoms with Crippen LogP contribution in [0.1, 0.15) is 28.9 Å². The van der Waals surface area contributed by atoms with Crippen LogP contribution in [0.3, 0.4) is 0 Å². The second-order valence-corrected chi connectivity index (χ2v) is 4.18. The molecule has 2 aromatic rings. The number of carbonyl (C=O) groups excluding carboxylic acids is 1. The summed E-state index contributed by atoms with van der Waals surface area (Å²) in [5, 5.41) is 12.1. The maximum Gasteiger partial charge on any atom is 0.261 e. The fourth-order valence-corrected chi connectivity index (χ4v) is 1.67. The lowest BCUT2D eigenvalue weighted by Gasteiger charge is -2.08. The molecule has 0 aliphatic rings. The van der Waals surface area contributed by atoms with Crippen LogP contribution in [0.15, 0.2) is 47.5 Å². The van der Waals surface area contributed by atoms with Gasteiger partial charge in [-0.15, -0.1) is 0 Å². The van der Waals surface area contributed by atoms with Gasteiger partial charge in [0.15, 0.2) is 5.43 Å². The number of aromatic nitrogens is 1. The van der Waals surface area contributed by atoms with Crippen LogP contribution in [-0.2, 0) is 0 Å². The van der Waals surface area contributed by atoms with Gasteiger partial charge in [0, 0.05) is 24.1 Å². The second-order valence-electron chi connectivity index (χ2n) is 4.18. The van der Waals surface area contributed by atoms with Crippen molar-refractivity contribution >= 4 is 11.6 Å². The molecule has 1 aromatic heterocycles. The number of amides is 1. The van der Waals surface area contributed by atoms with Crippen molar-refractivity contribution in [3.05, 3.63) is 64.1 Å². The highest BCUT2D eigenvalue weighted by Crippen LogP contribution is 2.17. The van der Waals surface area contributed by atoms with Gasteiger partial charge in [0.25, 0.3) is 5.91 Å². The molecule has 0 fully saturated rings. The van der Waals surface area contributed by atoms with E-state index in [1.54, 1.807) is 31.2 Å². The first-order valence-corrected chi connectivity index (χ1v) is 5.84. The Morgan fingerprint density at radius 3 is 2.84 bits per heavy atom. The van der Waals surface area contributed by atoms with Gasteiger partial charge < -0.3 is 15.4 Å². The minimum atomic E-state index is -0.614. The van der Waals surface area contributed by atoms with E-state index < -0.39 is 12.0 Å². The van der Waals surface area contributed by atoms with Gasteiger partial charge in [-0.25, -0.2) is 0 Å². The molecule has 0 bridgehead atoms.